The first-order valence-electron chi connectivity index (χ1n) is 7.08. The molecule has 1 fully saturated rings. The summed E-state index contributed by atoms with van der Waals surface area (Å²) < 4.78 is 1.93. The third-order valence-electron chi connectivity index (χ3n) is 4.70. The summed E-state index contributed by atoms with van der Waals surface area (Å²) in [5, 5.41) is 4.46. The van der Waals surface area contributed by atoms with Gasteiger partial charge < -0.3 is 0 Å². The minimum Gasteiger partial charge on any atom is -0.285 e. The summed E-state index contributed by atoms with van der Waals surface area (Å²) in [6, 6.07) is 10.2. The first-order valence-corrected chi connectivity index (χ1v) is 7.08. The predicted molar refractivity (Wildman–Crippen MR) is 74.6 cm³/mol. The smallest absolute Gasteiger partial charge is 0.0638 e. The van der Waals surface area contributed by atoms with E-state index in [1.165, 1.54) is 18.4 Å². The molecule has 98 valence electrons. The van der Waals surface area contributed by atoms with Crippen LogP contribution in [0.15, 0.2) is 30.5 Å². The van der Waals surface area contributed by atoms with Crippen LogP contribution >= 0.6 is 0 Å². The van der Waals surface area contributed by atoms with Crippen LogP contribution in [0.5, 0.6) is 0 Å². The normalized spacial score (nSPS) is 24.9. The fraction of sp³-hybridized carbons (Fsp3) is 0.438. The van der Waals surface area contributed by atoms with Crippen molar-refractivity contribution in [3.8, 4) is 0 Å². The van der Waals surface area contributed by atoms with E-state index in [9.17, 15) is 0 Å². The molecule has 3 nitrogen and oxygen atoms in total. The Hall–Kier alpha value is -1.61. The average Bonchev–Trinajstić information content (AvgIpc) is 3.03. The van der Waals surface area contributed by atoms with Crippen LogP contribution in [0.1, 0.15) is 47.3 Å². The van der Waals surface area contributed by atoms with Gasteiger partial charge in [-0.3, -0.25) is 9.58 Å². The van der Waals surface area contributed by atoms with Gasteiger partial charge in [0.1, 0.15) is 0 Å². The lowest BCUT2D eigenvalue weighted by Gasteiger charge is -2.21. The SMILES string of the molecule is Cc1nn(C)cc1CN1C2CCC1c1ccccc12. The molecule has 0 amide bonds. The molecule has 2 aliphatic rings. The maximum atomic E-state index is 4.46. The van der Waals surface area contributed by atoms with Crippen LogP contribution in [0.2, 0.25) is 0 Å². The molecule has 0 aliphatic carbocycles. The Balaban J connectivity index is 1.67. The molecule has 19 heavy (non-hydrogen) atoms. The molecular formula is C16H19N3. The van der Waals surface area contributed by atoms with Crippen molar-refractivity contribution in [2.24, 2.45) is 7.05 Å². The molecule has 4 rings (SSSR count). The van der Waals surface area contributed by atoms with Gasteiger partial charge in [0.15, 0.2) is 0 Å². The summed E-state index contributed by atoms with van der Waals surface area (Å²) >= 11 is 0. The molecule has 2 unspecified atom stereocenters. The lowest BCUT2D eigenvalue weighted by atomic mass is 9.92. The second-order valence-electron chi connectivity index (χ2n) is 5.82. The van der Waals surface area contributed by atoms with Crippen molar-refractivity contribution in [1.29, 1.82) is 0 Å². The molecule has 0 radical (unpaired) electrons. The molecule has 0 spiro atoms. The van der Waals surface area contributed by atoms with Crippen molar-refractivity contribution in [2.75, 3.05) is 0 Å². The van der Waals surface area contributed by atoms with E-state index in [0.717, 1.165) is 12.2 Å². The molecule has 2 atom stereocenters. The van der Waals surface area contributed by atoms with Crippen molar-refractivity contribution in [2.45, 2.75) is 38.4 Å². The standard InChI is InChI=1S/C16H19N3/c1-11-12(9-18(2)17-11)10-19-15-7-8-16(19)14-6-4-3-5-13(14)15/h3-6,9,15-16H,7-8,10H2,1-2H3. The van der Waals surface area contributed by atoms with Gasteiger partial charge in [0.05, 0.1) is 5.69 Å². The van der Waals surface area contributed by atoms with Crippen molar-refractivity contribution >= 4 is 0 Å². The first-order chi connectivity index (χ1) is 9.24. The molecule has 1 aromatic heterocycles. The lowest BCUT2D eigenvalue weighted by Crippen LogP contribution is -2.19. The van der Waals surface area contributed by atoms with Gasteiger partial charge in [0.25, 0.3) is 0 Å². The van der Waals surface area contributed by atoms with E-state index in [1.54, 1.807) is 11.1 Å². The van der Waals surface area contributed by atoms with Gasteiger partial charge >= 0.3 is 0 Å². The Labute approximate surface area is 113 Å². The summed E-state index contributed by atoms with van der Waals surface area (Å²) in [5.74, 6) is 0. The molecule has 2 bridgehead atoms. The van der Waals surface area contributed by atoms with E-state index < -0.39 is 0 Å². The Kier molecular flexibility index (Phi) is 2.33. The topological polar surface area (TPSA) is 21.1 Å². The van der Waals surface area contributed by atoms with E-state index >= 15 is 0 Å². The monoisotopic (exact) mass is 253 g/mol. The zero-order valence-electron chi connectivity index (χ0n) is 11.5. The molecule has 0 saturated carbocycles. The van der Waals surface area contributed by atoms with Gasteiger partial charge in [0.2, 0.25) is 0 Å². The molecule has 3 heteroatoms. The largest absolute Gasteiger partial charge is 0.285 e. The molecule has 2 aromatic rings. The van der Waals surface area contributed by atoms with E-state index in [1.807, 2.05) is 11.7 Å². The van der Waals surface area contributed by atoms with Crippen LogP contribution in [-0.4, -0.2) is 14.7 Å². The number of fused-ring (bicyclic) bond motifs is 5. The summed E-state index contributed by atoms with van der Waals surface area (Å²) in [5.41, 5.74) is 5.64. The summed E-state index contributed by atoms with van der Waals surface area (Å²) in [7, 11) is 2.00. The fourth-order valence-electron chi connectivity index (χ4n) is 3.87. The van der Waals surface area contributed by atoms with Crippen LogP contribution < -0.4 is 0 Å². The molecule has 1 aromatic carbocycles. The van der Waals surface area contributed by atoms with Crippen LogP contribution in [0.25, 0.3) is 0 Å². The number of rotatable bonds is 2. The number of aryl methyl sites for hydroxylation is 2. The third-order valence-corrected chi connectivity index (χ3v) is 4.70. The summed E-state index contributed by atoms with van der Waals surface area (Å²) in [6.07, 6.45) is 4.78. The van der Waals surface area contributed by atoms with E-state index in [4.69, 9.17) is 0 Å². The lowest BCUT2D eigenvalue weighted by molar-refractivity contribution is 0.213. The zero-order valence-corrected chi connectivity index (χ0v) is 11.5. The Morgan fingerprint density at radius 1 is 1.16 bits per heavy atom. The van der Waals surface area contributed by atoms with E-state index in [-0.39, 0.29) is 0 Å². The minimum absolute atomic E-state index is 0.626. The van der Waals surface area contributed by atoms with Gasteiger partial charge in [-0.2, -0.15) is 5.10 Å². The van der Waals surface area contributed by atoms with E-state index in [2.05, 4.69) is 47.4 Å². The van der Waals surface area contributed by atoms with Gasteiger partial charge in [-0.15, -0.1) is 0 Å². The van der Waals surface area contributed by atoms with Crippen molar-refractivity contribution in [3.05, 3.63) is 52.8 Å². The van der Waals surface area contributed by atoms with Crippen molar-refractivity contribution in [1.82, 2.24) is 14.7 Å². The van der Waals surface area contributed by atoms with Crippen LogP contribution in [0, 0.1) is 6.92 Å². The maximum absolute atomic E-state index is 4.46. The molecule has 1 saturated heterocycles. The van der Waals surface area contributed by atoms with Gasteiger partial charge in [-0.25, -0.2) is 0 Å². The quantitative estimate of drug-likeness (QED) is 0.820. The van der Waals surface area contributed by atoms with Crippen molar-refractivity contribution < 1.29 is 0 Å². The van der Waals surface area contributed by atoms with Crippen LogP contribution in [0.3, 0.4) is 0 Å². The second-order valence-corrected chi connectivity index (χ2v) is 5.82. The maximum Gasteiger partial charge on any atom is 0.0638 e. The highest BCUT2D eigenvalue weighted by molar-refractivity contribution is 5.40. The summed E-state index contributed by atoms with van der Waals surface area (Å²) in [4.78, 5) is 2.66. The highest BCUT2D eigenvalue weighted by Crippen LogP contribution is 2.53. The molecular weight excluding hydrogens is 234 g/mol. The molecule has 2 aliphatic heterocycles. The number of hydrogen-bond acceptors (Lipinski definition) is 2. The van der Waals surface area contributed by atoms with Gasteiger partial charge in [-0.05, 0) is 30.9 Å². The summed E-state index contributed by atoms with van der Waals surface area (Å²) in [6.45, 7) is 3.14. The highest BCUT2D eigenvalue weighted by Gasteiger charge is 2.43. The highest BCUT2D eigenvalue weighted by atomic mass is 15.3. The Morgan fingerprint density at radius 2 is 1.79 bits per heavy atom. The number of benzene rings is 1. The van der Waals surface area contributed by atoms with E-state index in [0.29, 0.717) is 12.1 Å². The Bertz CT molecular complexity index is 598. The number of hydrogen-bond donors (Lipinski definition) is 0. The third kappa shape index (κ3) is 1.58. The van der Waals surface area contributed by atoms with Gasteiger partial charge in [0, 0.05) is 37.4 Å². The Morgan fingerprint density at radius 3 is 2.32 bits per heavy atom. The van der Waals surface area contributed by atoms with Crippen LogP contribution in [-0.2, 0) is 13.6 Å². The molecule has 3 heterocycles. The predicted octanol–water partition coefficient (Wildman–Crippen LogP) is 3.12. The van der Waals surface area contributed by atoms with Crippen LogP contribution in [0.4, 0.5) is 0 Å². The second kappa shape index (κ2) is 3.94. The number of nitrogens with zero attached hydrogens (tertiary/aromatic N) is 3. The van der Waals surface area contributed by atoms with Crippen molar-refractivity contribution in [3.63, 3.8) is 0 Å². The average molecular weight is 253 g/mol. The molecule has 0 N–H and O–H groups in total. The number of aromatic nitrogens is 2. The zero-order chi connectivity index (χ0) is 13.0. The van der Waals surface area contributed by atoms with Gasteiger partial charge in [-0.1, -0.05) is 24.3 Å². The first kappa shape index (κ1) is 11.2. The fourth-order valence-corrected chi connectivity index (χ4v) is 3.87. The minimum atomic E-state index is 0.626.